The fraction of sp³-hybridized carbons (Fsp3) is 0.263. The Bertz CT molecular complexity index is 591. The van der Waals surface area contributed by atoms with Crippen LogP contribution in [-0.2, 0) is 6.42 Å². The molecule has 0 bridgehead atoms. The molecule has 1 heterocycles. The fourth-order valence-corrected chi connectivity index (χ4v) is 2.54. The number of hydrogen-bond acceptors (Lipinski definition) is 0. The van der Waals surface area contributed by atoms with Gasteiger partial charge in [-0.2, -0.15) is 0 Å². The molecule has 0 atom stereocenters. The maximum absolute atomic E-state index is 3.87. The zero-order valence-corrected chi connectivity index (χ0v) is 12.4. The Morgan fingerprint density at radius 1 is 1.40 bits per heavy atom. The maximum atomic E-state index is 3.87. The minimum absolute atomic E-state index is 0.685. The van der Waals surface area contributed by atoms with Crippen LogP contribution in [0.15, 0.2) is 66.9 Å². The molecule has 20 heavy (non-hydrogen) atoms. The van der Waals surface area contributed by atoms with Crippen molar-refractivity contribution < 1.29 is 0 Å². The highest BCUT2D eigenvalue weighted by Crippen LogP contribution is 2.30. The van der Waals surface area contributed by atoms with Crippen LogP contribution in [0.5, 0.6) is 0 Å². The van der Waals surface area contributed by atoms with Gasteiger partial charge in [0.2, 0.25) is 0 Å². The van der Waals surface area contributed by atoms with Crippen LogP contribution in [0.4, 0.5) is 0 Å². The molecular weight excluding hydrogens is 242 g/mol. The third-order valence-electron chi connectivity index (χ3n) is 3.46. The summed E-state index contributed by atoms with van der Waals surface area (Å²) in [5.41, 5.74) is 6.31. The highest BCUT2D eigenvalue weighted by atomic mass is 14.7. The molecule has 1 nitrogen and oxygen atoms in total. The quantitative estimate of drug-likeness (QED) is 0.678. The average Bonchev–Trinajstić information content (AvgIpc) is 3.03. The van der Waals surface area contributed by atoms with Crippen LogP contribution in [0.25, 0.3) is 5.57 Å². The van der Waals surface area contributed by atoms with Gasteiger partial charge < -0.3 is 4.98 Å². The Labute approximate surface area is 122 Å². The lowest BCUT2D eigenvalue weighted by atomic mass is 10.0. The van der Waals surface area contributed by atoms with Gasteiger partial charge in [0.25, 0.3) is 0 Å². The van der Waals surface area contributed by atoms with Crippen molar-refractivity contribution in [1.82, 2.24) is 4.98 Å². The monoisotopic (exact) mass is 265 g/mol. The molecule has 0 aromatic carbocycles. The number of hydrogen-bond donors (Lipinski definition) is 1. The molecule has 2 rings (SSSR count). The molecule has 0 spiro atoms. The standard InChI is InChI=1S/C19H23N/c1-5-7-16(6-2)17-8-9-18(12-17)19-11-15(13-20-19)10-14(3)4/h5-7,9,11-14,20H,1-2,8,10H2,3-4H3/b16-7+. The van der Waals surface area contributed by atoms with Gasteiger partial charge in [-0.25, -0.2) is 0 Å². The molecule has 1 aliphatic rings. The summed E-state index contributed by atoms with van der Waals surface area (Å²) in [7, 11) is 0. The lowest BCUT2D eigenvalue weighted by Crippen LogP contribution is -1.90. The molecule has 0 fully saturated rings. The van der Waals surface area contributed by atoms with E-state index in [4.69, 9.17) is 0 Å². The summed E-state index contributed by atoms with van der Waals surface area (Å²) in [6.07, 6.45) is 14.4. The van der Waals surface area contributed by atoms with Gasteiger partial charge in [-0.15, -0.1) is 0 Å². The van der Waals surface area contributed by atoms with E-state index < -0.39 is 0 Å². The summed E-state index contributed by atoms with van der Waals surface area (Å²) in [5, 5.41) is 0. The minimum atomic E-state index is 0.685. The number of nitrogens with one attached hydrogen (secondary N) is 1. The summed E-state index contributed by atoms with van der Waals surface area (Å²) in [4.78, 5) is 3.38. The lowest BCUT2D eigenvalue weighted by Gasteiger charge is -2.01. The highest BCUT2D eigenvalue weighted by molar-refractivity contribution is 5.78. The third-order valence-corrected chi connectivity index (χ3v) is 3.46. The maximum Gasteiger partial charge on any atom is 0.0453 e. The largest absolute Gasteiger partial charge is 0.361 e. The molecule has 1 heteroatoms. The van der Waals surface area contributed by atoms with E-state index in [1.165, 1.54) is 22.4 Å². The van der Waals surface area contributed by atoms with E-state index in [1.807, 2.05) is 18.2 Å². The van der Waals surface area contributed by atoms with Gasteiger partial charge in [0, 0.05) is 11.9 Å². The Morgan fingerprint density at radius 2 is 2.20 bits per heavy atom. The van der Waals surface area contributed by atoms with Crippen molar-refractivity contribution in [3.05, 3.63) is 78.2 Å². The first kappa shape index (κ1) is 14.4. The van der Waals surface area contributed by atoms with Crippen molar-refractivity contribution in [2.75, 3.05) is 0 Å². The molecule has 0 radical (unpaired) electrons. The summed E-state index contributed by atoms with van der Waals surface area (Å²) in [6, 6.07) is 2.26. The van der Waals surface area contributed by atoms with E-state index in [2.05, 4.69) is 56.4 Å². The van der Waals surface area contributed by atoms with E-state index in [0.29, 0.717) is 5.92 Å². The van der Waals surface area contributed by atoms with Crippen molar-refractivity contribution >= 4 is 5.57 Å². The van der Waals surface area contributed by atoms with Crippen molar-refractivity contribution in [2.45, 2.75) is 26.7 Å². The molecule has 0 amide bonds. The van der Waals surface area contributed by atoms with Gasteiger partial charge in [-0.1, -0.05) is 51.3 Å². The Hall–Kier alpha value is -2.02. The van der Waals surface area contributed by atoms with E-state index in [1.54, 1.807) is 0 Å². The third kappa shape index (κ3) is 3.30. The summed E-state index contributed by atoms with van der Waals surface area (Å²) >= 11 is 0. The van der Waals surface area contributed by atoms with Crippen LogP contribution in [0.1, 0.15) is 31.5 Å². The smallest absolute Gasteiger partial charge is 0.0453 e. The average molecular weight is 265 g/mol. The number of aromatic nitrogens is 1. The van der Waals surface area contributed by atoms with E-state index >= 15 is 0 Å². The van der Waals surface area contributed by atoms with Crippen LogP contribution in [0.2, 0.25) is 0 Å². The van der Waals surface area contributed by atoms with Gasteiger partial charge in [-0.3, -0.25) is 0 Å². The van der Waals surface area contributed by atoms with Gasteiger partial charge in [0.15, 0.2) is 0 Å². The Morgan fingerprint density at radius 3 is 2.85 bits per heavy atom. The first-order valence-electron chi connectivity index (χ1n) is 7.18. The molecule has 0 aliphatic heterocycles. The Balaban J connectivity index is 2.17. The van der Waals surface area contributed by atoms with E-state index in [9.17, 15) is 0 Å². The molecule has 0 saturated heterocycles. The lowest BCUT2D eigenvalue weighted by molar-refractivity contribution is 0.648. The van der Waals surface area contributed by atoms with Gasteiger partial charge >= 0.3 is 0 Å². The predicted molar refractivity (Wildman–Crippen MR) is 88.5 cm³/mol. The number of H-pyrrole nitrogens is 1. The molecule has 1 aromatic heterocycles. The zero-order valence-electron chi connectivity index (χ0n) is 12.4. The van der Waals surface area contributed by atoms with E-state index in [-0.39, 0.29) is 0 Å². The van der Waals surface area contributed by atoms with Crippen LogP contribution in [0.3, 0.4) is 0 Å². The fourth-order valence-electron chi connectivity index (χ4n) is 2.54. The van der Waals surface area contributed by atoms with Crippen LogP contribution >= 0.6 is 0 Å². The zero-order chi connectivity index (χ0) is 14.5. The number of allylic oxidation sites excluding steroid dienone is 8. The molecular formula is C19H23N. The van der Waals surface area contributed by atoms with Gasteiger partial charge in [0.1, 0.15) is 0 Å². The van der Waals surface area contributed by atoms with Gasteiger partial charge in [0.05, 0.1) is 0 Å². The molecule has 1 N–H and O–H groups in total. The second kappa shape index (κ2) is 6.42. The van der Waals surface area contributed by atoms with Crippen molar-refractivity contribution in [3.63, 3.8) is 0 Å². The summed E-state index contributed by atoms with van der Waals surface area (Å²) in [5.74, 6) is 0.685. The second-order valence-corrected chi connectivity index (χ2v) is 5.61. The van der Waals surface area contributed by atoms with Crippen molar-refractivity contribution in [2.24, 2.45) is 5.92 Å². The molecule has 104 valence electrons. The minimum Gasteiger partial charge on any atom is -0.361 e. The first-order chi connectivity index (χ1) is 9.63. The van der Waals surface area contributed by atoms with Crippen molar-refractivity contribution in [3.8, 4) is 0 Å². The number of rotatable bonds is 6. The summed E-state index contributed by atoms with van der Waals surface area (Å²) in [6.45, 7) is 12.1. The molecule has 1 aliphatic carbocycles. The van der Waals surface area contributed by atoms with Crippen LogP contribution in [-0.4, -0.2) is 4.98 Å². The van der Waals surface area contributed by atoms with E-state index in [0.717, 1.165) is 18.4 Å². The van der Waals surface area contributed by atoms with Crippen LogP contribution < -0.4 is 0 Å². The summed E-state index contributed by atoms with van der Waals surface area (Å²) < 4.78 is 0. The van der Waals surface area contributed by atoms with Gasteiger partial charge in [-0.05, 0) is 53.2 Å². The Kier molecular flexibility index (Phi) is 4.62. The normalized spacial score (nSPS) is 15.2. The highest BCUT2D eigenvalue weighted by Gasteiger charge is 2.12. The van der Waals surface area contributed by atoms with Crippen molar-refractivity contribution in [1.29, 1.82) is 0 Å². The topological polar surface area (TPSA) is 15.8 Å². The molecule has 0 saturated carbocycles. The molecule has 0 unspecified atom stereocenters. The first-order valence-corrected chi connectivity index (χ1v) is 7.18. The molecule has 1 aromatic rings. The SMILES string of the molecule is C=C/C=C(\C=C)C1=CC(c2cc(CC(C)C)c[nH]2)=CC1. The predicted octanol–water partition coefficient (Wildman–Crippen LogP) is 5.23. The second-order valence-electron chi connectivity index (χ2n) is 5.61. The number of aromatic amines is 1. The van der Waals surface area contributed by atoms with Crippen LogP contribution in [0, 0.1) is 5.92 Å².